The molecule has 2 atom stereocenters. The molecule has 0 unspecified atom stereocenters. The Hall–Kier alpha value is -1.43. The molecule has 0 amide bonds. The number of nitrogens with zero attached hydrogens (tertiary/aromatic N) is 3. The standard InChI is InChI=1S/C19H30N4O/c1-14(2)23-18-8-6-5-7-17(18)21-19(23)16(4)20-15(3)13-22-9-11-24-12-10-22/h5-8,14-16,20H,9-13H2,1-4H3/t15-,16+/m1/s1. The van der Waals surface area contributed by atoms with Crippen LogP contribution in [0.5, 0.6) is 0 Å². The normalized spacial score (nSPS) is 19.0. The molecule has 0 aliphatic carbocycles. The fourth-order valence-electron chi connectivity index (χ4n) is 3.64. The Morgan fingerprint density at radius 3 is 2.54 bits per heavy atom. The molecule has 3 rings (SSSR count). The Morgan fingerprint density at radius 2 is 1.83 bits per heavy atom. The second-order valence-corrected chi connectivity index (χ2v) is 7.12. The van der Waals surface area contributed by atoms with Gasteiger partial charge in [0.2, 0.25) is 0 Å². The third-order valence-corrected chi connectivity index (χ3v) is 4.70. The van der Waals surface area contributed by atoms with E-state index in [4.69, 9.17) is 9.72 Å². The maximum atomic E-state index is 5.43. The molecule has 0 spiro atoms. The van der Waals surface area contributed by atoms with E-state index in [1.165, 1.54) is 5.52 Å². The monoisotopic (exact) mass is 330 g/mol. The van der Waals surface area contributed by atoms with E-state index < -0.39 is 0 Å². The van der Waals surface area contributed by atoms with E-state index in [-0.39, 0.29) is 6.04 Å². The quantitative estimate of drug-likeness (QED) is 0.884. The Labute approximate surface area is 145 Å². The molecule has 0 saturated carbocycles. The average Bonchev–Trinajstić information content (AvgIpc) is 2.95. The second kappa shape index (κ2) is 7.64. The first-order valence-corrected chi connectivity index (χ1v) is 9.09. The molecule has 2 heterocycles. The van der Waals surface area contributed by atoms with Crippen molar-refractivity contribution in [1.82, 2.24) is 19.8 Å². The summed E-state index contributed by atoms with van der Waals surface area (Å²) >= 11 is 0. The molecular weight excluding hydrogens is 300 g/mol. The van der Waals surface area contributed by atoms with E-state index in [1.54, 1.807) is 0 Å². The minimum atomic E-state index is 0.218. The summed E-state index contributed by atoms with van der Waals surface area (Å²) in [6, 6.07) is 9.44. The Morgan fingerprint density at radius 1 is 1.12 bits per heavy atom. The van der Waals surface area contributed by atoms with Crippen molar-refractivity contribution in [2.45, 2.75) is 45.8 Å². The number of hydrogen-bond donors (Lipinski definition) is 1. The first-order valence-electron chi connectivity index (χ1n) is 9.09. The first kappa shape index (κ1) is 17.4. The fourth-order valence-corrected chi connectivity index (χ4v) is 3.64. The first-order chi connectivity index (χ1) is 11.6. The van der Waals surface area contributed by atoms with Gasteiger partial charge in [-0.05, 0) is 39.8 Å². The van der Waals surface area contributed by atoms with Crippen molar-refractivity contribution in [1.29, 1.82) is 0 Å². The average molecular weight is 330 g/mol. The number of fused-ring (bicyclic) bond motifs is 1. The van der Waals surface area contributed by atoms with Crippen LogP contribution >= 0.6 is 0 Å². The van der Waals surface area contributed by atoms with Crippen molar-refractivity contribution in [2.24, 2.45) is 0 Å². The number of nitrogens with one attached hydrogen (secondary N) is 1. The lowest BCUT2D eigenvalue weighted by Gasteiger charge is -2.30. The highest BCUT2D eigenvalue weighted by molar-refractivity contribution is 5.76. The van der Waals surface area contributed by atoms with Gasteiger partial charge < -0.3 is 14.6 Å². The zero-order valence-corrected chi connectivity index (χ0v) is 15.3. The Balaban J connectivity index is 1.73. The van der Waals surface area contributed by atoms with Gasteiger partial charge in [0, 0.05) is 31.7 Å². The van der Waals surface area contributed by atoms with Gasteiger partial charge >= 0.3 is 0 Å². The number of aromatic nitrogens is 2. The van der Waals surface area contributed by atoms with E-state index in [9.17, 15) is 0 Å². The number of imidazole rings is 1. The van der Waals surface area contributed by atoms with Gasteiger partial charge in [0.05, 0.1) is 30.3 Å². The van der Waals surface area contributed by atoms with Crippen molar-refractivity contribution < 1.29 is 4.74 Å². The van der Waals surface area contributed by atoms with Crippen LogP contribution in [0.4, 0.5) is 0 Å². The molecule has 5 heteroatoms. The van der Waals surface area contributed by atoms with Crippen molar-refractivity contribution in [2.75, 3.05) is 32.8 Å². The van der Waals surface area contributed by atoms with Crippen LogP contribution in [0.1, 0.15) is 45.6 Å². The van der Waals surface area contributed by atoms with Gasteiger partial charge in [-0.2, -0.15) is 0 Å². The van der Waals surface area contributed by atoms with Crippen molar-refractivity contribution in [3.8, 4) is 0 Å². The Kier molecular flexibility index (Phi) is 5.54. The molecule has 2 aromatic rings. The molecule has 0 radical (unpaired) electrons. The fraction of sp³-hybridized carbons (Fsp3) is 0.632. The molecule has 1 fully saturated rings. The summed E-state index contributed by atoms with van der Waals surface area (Å²) in [5.74, 6) is 1.13. The molecule has 1 aliphatic heterocycles. The topological polar surface area (TPSA) is 42.3 Å². The summed E-state index contributed by atoms with van der Waals surface area (Å²) < 4.78 is 7.79. The molecule has 0 bridgehead atoms. The number of ether oxygens (including phenoxy) is 1. The van der Waals surface area contributed by atoms with Crippen LogP contribution in [0.25, 0.3) is 11.0 Å². The third-order valence-electron chi connectivity index (χ3n) is 4.70. The van der Waals surface area contributed by atoms with Gasteiger partial charge in [0.25, 0.3) is 0 Å². The molecule has 1 aromatic heterocycles. The van der Waals surface area contributed by atoms with E-state index >= 15 is 0 Å². The van der Waals surface area contributed by atoms with Crippen molar-refractivity contribution >= 4 is 11.0 Å². The molecule has 1 aliphatic rings. The zero-order valence-electron chi connectivity index (χ0n) is 15.3. The van der Waals surface area contributed by atoms with E-state index in [1.807, 2.05) is 0 Å². The van der Waals surface area contributed by atoms with Gasteiger partial charge in [-0.3, -0.25) is 4.90 Å². The van der Waals surface area contributed by atoms with E-state index in [0.29, 0.717) is 12.1 Å². The van der Waals surface area contributed by atoms with Crippen LogP contribution in [-0.4, -0.2) is 53.3 Å². The van der Waals surface area contributed by atoms with Gasteiger partial charge in [-0.25, -0.2) is 4.98 Å². The molecule has 132 valence electrons. The highest BCUT2D eigenvalue weighted by atomic mass is 16.5. The predicted octanol–water partition coefficient (Wildman–Crippen LogP) is 2.99. The van der Waals surface area contributed by atoms with Crippen LogP contribution in [0.3, 0.4) is 0 Å². The van der Waals surface area contributed by atoms with Gasteiger partial charge in [0.15, 0.2) is 0 Å². The molecular formula is C19H30N4O. The van der Waals surface area contributed by atoms with Crippen molar-refractivity contribution in [3.63, 3.8) is 0 Å². The van der Waals surface area contributed by atoms with Gasteiger partial charge in [0.1, 0.15) is 5.82 Å². The minimum absolute atomic E-state index is 0.218. The smallest absolute Gasteiger partial charge is 0.127 e. The van der Waals surface area contributed by atoms with Crippen molar-refractivity contribution in [3.05, 3.63) is 30.1 Å². The molecule has 1 saturated heterocycles. The van der Waals surface area contributed by atoms with Crippen LogP contribution in [0.2, 0.25) is 0 Å². The van der Waals surface area contributed by atoms with Gasteiger partial charge in [-0.1, -0.05) is 12.1 Å². The highest BCUT2D eigenvalue weighted by Crippen LogP contribution is 2.25. The third kappa shape index (κ3) is 3.79. The lowest BCUT2D eigenvalue weighted by Crippen LogP contribution is -2.45. The number of benzene rings is 1. The maximum Gasteiger partial charge on any atom is 0.127 e. The Bertz CT molecular complexity index is 660. The summed E-state index contributed by atoms with van der Waals surface area (Å²) in [7, 11) is 0. The lowest BCUT2D eigenvalue weighted by atomic mass is 10.2. The number of hydrogen-bond acceptors (Lipinski definition) is 4. The van der Waals surface area contributed by atoms with Crippen LogP contribution in [0, 0.1) is 0 Å². The summed E-state index contributed by atoms with van der Waals surface area (Å²) in [6.07, 6.45) is 0. The molecule has 1 N–H and O–H groups in total. The maximum absolute atomic E-state index is 5.43. The molecule has 1 aromatic carbocycles. The molecule has 24 heavy (non-hydrogen) atoms. The van der Waals surface area contributed by atoms with Gasteiger partial charge in [-0.15, -0.1) is 0 Å². The zero-order chi connectivity index (χ0) is 17.1. The summed E-state index contributed by atoms with van der Waals surface area (Å²) in [4.78, 5) is 7.37. The summed E-state index contributed by atoms with van der Waals surface area (Å²) in [5.41, 5.74) is 2.30. The summed E-state index contributed by atoms with van der Waals surface area (Å²) in [5, 5.41) is 3.73. The number of rotatable bonds is 6. The summed E-state index contributed by atoms with van der Waals surface area (Å²) in [6.45, 7) is 13.7. The van der Waals surface area contributed by atoms with Crippen LogP contribution < -0.4 is 5.32 Å². The van der Waals surface area contributed by atoms with Crippen LogP contribution in [0.15, 0.2) is 24.3 Å². The minimum Gasteiger partial charge on any atom is -0.379 e. The number of para-hydroxylation sites is 2. The predicted molar refractivity (Wildman–Crippen MR) is 98.4 cm³/mol. The highest BCUT2D eigenvalue weighted by Gasteiger charge is 2.21. The second-order valence-electron chi connectivity index (χ2n) is 7.12. The lowest BCUT2D eigenvalue weighted by molar-refractivity contribution is 0.0338. The van der Waals surface area contributed by atoms with E-state index in [2.05, 4.69) is 66.7 Å². The van der Waals surface area contributed by atoms with Crippen LogP contribution in [-0.2, 0) is 4.74 Å². The van der Waals surface area contributed by atoms with E-state index in [0.717, 1.165) is 44.2 Å². The SMILES string of the molecule is CC(C)n1c([C@H](C)N[C@H](C)CN2CCOCC2)nc2ccccc21. The number of morpholine rings is 1. The largest absolute Gasteiger partial charge is 0.379 e. The molecule has 5 nitrogen and oxygen atoms in total.